The molecule has 5 heteroatoms. The van der Waals surface area contributed by atoms with Crippen LogP contribution < -0.4 is 5.32 Å². The molecule has 0 aliphatic rings. The zero-order chi connectivity index (χ0) is 14.4. The first-order valence-electron chi connectivity index (χ1n) is 6.30. The Morgan fingerprint density at radius 2 is 2.25 bits per heavy atom. The summed E-state index contributed by atoms with van der Waals surface area (Å²) in [7, 11) is 1.38. The van der Waals surface area contributed by atoms with E-state index in [1.165, 1.54) is 7.11 Å². The second-order valence-electron chi connectivity index (χ2n) is 4.30. The van der Waals surface area contributed by atoms with Crippen LogP contribution >= 0.6 is 15.9 Å². The highest BCUT2D eigenvalue weighted by Gasteiger charge is 2.08. The number of nitrogens with one attached hydrogen (secondary N) is 1. The number of rotatable bonds is 6. The molecule has 0 saturated heterocycles. The molecule has 2 rings (SSSR count). The lowest BCUT2D eigenvalue weighted by Gasteiger charge is -2.08. The van der Waals surface area contributed by atoms with Crippen LogP contribution in [0, 0.1) is 0 Å². The van der Waals surface area contributed by atoms with E-state index in [9.17, 15) is 4.79 Å². The lowest BCUT2D eigenvalue weighted by Crippen LogP contribution is -2.17. The highest BCUT2D eigenvalue weighted by atomic mass is 79.9. The summed E-state index contributed by atoms with van der Waals surface area (Å²) in [5.74, 6) is 0.639. The Bertz CT molecular complexity index is 567. The van der Waals surface area contributed by atoms with Gasteiger partial charge in [-0.2, -0.15) is 0 Å². The highest BCUT2D eigenvalue weighted by molar-refractivity contribution is 9.10. The first-order chi connectivity index (χ1) is 9.70. The normalized spacial score (nSPS) is 10.5. The van der Waals surface area contributed by atoms with Crippen molar-refractivity contribution >= 4 is 21.9 Å². The molecule has 1 N–H and O–H groups in total. The number of ether oxygens (including phenoxy) is 1. The number of hydrogen-bond acceptors (Lipinski definition) is 4. The molecular formula is C15H16BrNO3. The maximum Gasteiger partial charge on any atom is 0.337 e. The molecule has 1 aromatic carbocycles. The van der Waals surface area contributed by atoms with Crippen LogP contribution in [0.15, 0.2) is 45.5 Å². The molecule has 2 aromatic rings. The average molecular weight is 338 g/mol. The molecule has 1 aromatic heterocycles. The zero-order valence-electron chi connectivity index (χ0n) is 11.2. The second kappa shape index (κ2) is 7.26. The van der Waals surface area contributed by atoms with Gasteiger partial charge in [0, 0.05) is 24.0 Å². The molecule has 0 amide bonds. The van der Waals surface area contributed by atoms with Crippen LogP contribution in [0.4, 0.5) is 0 Å². The number of hydrogen-bond donors (Lipinski definition) is 1. The molecule has 0 aliphatic carbocycles. The first-order valence-corrected chi connectivity index (χ1v) is 7.10. The first kappa shape index (κ1) is 14.8. The van der Waals surface area contributed by atoms with Crippen molar-refractivity contribution in [3.05, 3.63) is 58.0 Å². The summed E-state index contributed by atoms with van der Waals surface area (Å²) in [5, 5.41) is 3.34. The molecule has 1 heterocycles. The molecule has 0 bridgehead atoms. The quantitative estimate of drug-likeness (QED) is 0.649. The predicted molar refractivity (Wildman–Crippen MR) is 79.6 cm³/mol. The third kappa shape index (κ3) is 3.95. The number of benzene rings is 1. The van der Waals surface area contributed by atoms with Crippen molar-refractivity contribution in [2.24, 2.45) is 0 Å². The van der Waals surface area contributed by atoms with Gasteiger partial charge in [-0.15, -0.1) is 0 Å². The third-order valence-electron chi connectivity index (χ3n) is 2.92. The van der Waals surface area contributed by atoms with Crippen molar-refractivity contribution in [2.45, 2.75) is 13.0 Å². The number of halogens is 1. The fourth-order valence-electron chi connectivity index (χ4n) is 1.82. The van der Waals surface area contributed by atoms with E-state index in [2.05, 4.69) is 26.0 Å². The minimum absolute atomic E-state index is 0.331. The van der Waals surface area contributed by atoms with E-state index in [4.69, 9.17) is 4.42 Å². The Hall–Kier alpha value is -1.59. The molecule has 106 valence electrons. The van der Waals surface area contributed by atoms with Gasteiger partial charge in [0.1, 0.15) is 5.76 Å². The van der Waals surface area contributed by atoms with Gasteiger partial charge in [0.05, 0.1) is 18.9 Å². The molecule has 0 radical (unpaired) electrons. The lowest BCUT2D eigenvalue weighted by molar-refractivity contribution is 0.0600. The van der Waals surface area contributed by atoms with Gasteiger partial charge >= 0.3 is 5.97 Å². The number of esters is 1. The van der Waals surface area contributed by atoms with Crippen molar-refractivity contribution in [1.82, 2.24) is 5.32 Å². The van der Waals surface area contributed by atoms with Crippen LogP contribution in [-0.2, 0) is 17.7 Å². The van der Waals surface area contributed by atoms with Crippen LogP contribution in [0.3, 0.4) is 0 Å². The average Bonchev–Trinajstić information content (AvgIpc) is 2.97. The maximum absolute atomic E-state index is 11.4. The Morgan fingerprint density at radius 3 is 2.90 bits per heavy atom. The zero-order valence-corrected chi connectivity index (χ0v) is 12.8. The summed E-state index contributed by atoms with van der Waals surface area (Å²) >= 11 is 3.47. The number of carbonyl (C=O) groups is 1. The standard InChI is InChI=1S/C15H16BrNO3/c1-19-15(18)11-4-5-12(14(16)9-11)10-17-7-6-13-3-2-8-20-13/h2-5,8-9,17H,6-7,10H2,1H3. The van der Waals surface area contributed by atoms with E-state index in [0.29, 0.717) is 5.56 Å². The Balaban J connectivity index is 1.85. The summed E-state index contributed by atoms with van der Waals surface area (Å²) in [5.41, 5.74) is 1.64. The SMILES string of the molecule is COC(=O)c1ccc(CNCCc2ccco2)c(Br)c1. The topological polar surface area (TPSA) is 51.5 Å². The number of carbonyl (C=O) groups excluding carboxylic acids is 1. The summed E-state index contributed by atoms with van der Waals surface area (Å²) in [6.45, 7) is 1.56. The third-order valence-corrected chi connectivity index (χ3v) is 3.66. The molecule has 20 heavy (non-hydrogen) atoms. The van der Waals surface area contributed by atoms with Crippen molar-refractivity contribution in [2.75, 3.05) is 13.7 Å². The molecule has 4 nitrogen and oxygen atoms in total. The highest BCUT2D eigenvalue weighted by Crippen LogP contribution is 2.19. The van der Waals surface area contributed by atoms with Gasteiger partial charge in [-0.1, -0.05) is 22.0 Å². The van der Waals surface area contributed by atoms with Crippen molar-refractivity contribution in [1.29, 1.82) is 0 Å². The van der Waals surface area contributed by atoms with Crippen molar-refractivity contribution in [3.8, 4) is 0 Å². The van der Waals surface area contributed by atoms with Gasteiger partial charge in [-0.25, -0.2) is 4.79 Å². The van der Waals surface area contributed by atoms with Crippen molar-refractivity contribution < 1.29 is 13.9 Å². The van der Waals surface area contributed by atoms with E-state index in [1.807, 2.05) is 18.2 Å². The summed E-state index contributed by atoms with van der Waals surface area (Å²) in [6, 6.07) is 9.30. The second-order valence-corrected chi connectivity index (χ2v) is 5.16. The van der Waals surface area contributed by atoms with Crippen LogP contribution in [0.1, 0.15) is 21.7 Å². The minimum atomic E-state index is -0.331. The van der Waals surface area contributed by atoms with Gasteiger partial charge in [-0.3, -0.25) is 0 Å². The predicted octanol–water partition coefficient (Wildman–Crippen LogP) is 3.16. The Kier molecular flexibility index (Phi) is 5.38. The van der Waals surface area contributed by atoms with E-state index >= 15 is 0 Å². The molecule has 0 unspecified atom stereocenters. The van der Waals surface area contributed by atoms with Gasteiger partial charge in [-0.05, 0) is 29.8 Å². The molecule has 0 saturated carbocycles. The van der Waals surface area contributed by atoms with Gasteiger partial charge in [0.15, 0.2) is 0 Å². The number of methoxy groups -OCH3 is 1. The van der Waals surface area contributed by atoms with Gasteiger partial charge in [0.2, 0.25) is 0 Å². The summed E-state index contributed by atoms with van der Waals surface area (Å²) in [6.07, 6.45) is 2.53. The van der Waals surface area contributed by atoms with Crippen LogP contribution in [0.5, 0.6) is 0 Å². The molecule has 0 atom stereocenters. The van der Waals surface area contributed by atoms with E-state index in [1.54, 1.807) is 18.4 Å². The Labute approximate surface area is 126 Å². The number of furan rings is 1. The molecule has 0 aliphatic heterocycles. The monoisotopic (exact) mass is 337 g/mol. The van der Waals surface area contributed by atoms with Gasteiger partial charge in [0.25, 0.3) is 0 Å². The van der Waals surface area contributed by atoms with Crippen molar-refractivity contribution in [3.63, 3.8) is 0 Å². The van der Waals surface area contributed by atoms with Crippen LogP contribution in [-0.4, -0.2) is 19.6 Å². The van der Waals surface area contributed by atoms with E-state index in [0.717, 1.165) is 35.3 Å². The van der Waals surface area contributed by atoms with E-state index in [-0.39, 0.29) is 5.97 Å². The molecule has 0 spiro atoms. The van der Waals surface area contributed by atoms with Gasteiger partial charge < -0.3 is 14.5 Å². The maximum atomic E-state index is 11.4. The Morgan fingerprint density at radius 1 is 1.40 bits per heavy atom. The molecular weight excluding hydrogens is 322 g/mol. The largest absolute Gasteiger partial charge is 0.469 e. The summed E-state index contributed by atoms with van der Waals surface area (Å²) < 4.78 is 10.8. The molecule has 0 fully saturated rings. The lowest BCUT2D eigenvalue weighted by atomic mass is 10.1. The fourth-order valence-corrected chi connectivity index (χ4v) is 2.34. The van der Waals surface area contributed by atoms with E-state index < -0.39 is 0 Å². The summed E-state index contributed by atoms with van der Waals surface area (Å²) in [4.78, 5) is 11.4. The van der Waals surface area contributed by atoms with Crippen LogP contribution in [0.2, 0.25) is 0 Å². The fraction of sp³-hybridized carbons (Fsp3) is 0.267. The smallest absolute Gasteiger partial charge is 0.337 e. The van der Waals surface area contributed by atoms with Crippen LogP contribution in [0.25, 0.3) is 0 Å². The minimum Gasteiger partial charge on any atom is -0.469 e.